The minimum atomic E-state index is -0.469. The number of fused-ring (bicyclic) bond motifs is 1. The van der Waals surface area contributed by atoms with Crippen LogP contribution in [-0.4, -0.2) is 21.5 Å². The number of carbonyl (C=O) groups is 1. The molecular weight excluding hydrogens is 270 g/mol. The van der Waals surface area contributed by atoms with Gasteiger partial charge in [0.15, 0.2) is 0 Å². The molecule has 21 heavy (non-hydrogen) atoms. The molecule has 1 amide bonds. The summed E-state index contributed by atoms with van der Waals surface area (Å²) < 4.78 is 1.16. The maximum Gasteiger partial charge on any atom is 0.329 e. The van der Waals surface area contributed by atoms with Crippen molar-refractivity contribution in [2.75, 3.05) is 0 Å². The fourth-order valence-corrected chi connectivity index (χ4v) is 2.19. The highest BCUT2D eigenvalue weighted by Crippen LogP contribution is 2.10. The van der Waals surface area contributed by atoms with Gasteiger partial charge in [-0.05, 0) is 45.9 Å². The van der Waals surface area contributed by atoms with Crippen LogP contribution in [0.15, 0.2) is 27.8 Å². The summed E-state index contributed by atoms with van der Waals surface area (Å²) in [5, 5.41) is 3.16. The van der Waals surface area contributed by atoms with E-state index in [1.54, 1.807) is 26.0 Å². The first kappa shape index (κ1) is 15.0. The van der Waals surface area contributed by atoms with Crippen molar-refractivity contribution in [2.45, 2.75) is 39.8 Å². The molecule has 1 heterocycles. The first-order valence-corrected chi connectivity index (χ1v) is 6.90. The second-order valence-electron chi connectivity index (χ2n) is 5.59. The number of nitrogens with zero attached hydrogens (tertiary/aromatic N) is 1. The molecule has 112 valence electrons. The van der Waals surface area contributed by atoms with Crippen molar-refractivity contribution in [2.24, 2.45) is 0 Å². The third kappa shape index (κ3) is 2.89. The predicted octanol–water partition coefficient (Wildman–Crippen LogP) is 1.41. The Labute approximate surface area is 121 Å². The Morgan fingerprint density at radius 1 is 1.19 bits per heavy atom. The number of hydrogen-bond donors (Lipinski definition) is 2. The molecule has 1 aromatic heterocycles. The smallest absolute Gasteiger partial charge is 0.329 e. The van der Waals surface area contributed by atoms with Gasteiger partial charge in [0.05, 0.1) is 10.9 Å². The van der Waals surface area contributed by atoms with Crippen LogP contribution in [-0.2, 0) is 0 Å². The van der Waals surface area contributed by atoms with E-state index in [1.807, 2.05) is 13.8 Å². The lowest BCUT2D eigenvalue weighted by atomic mass is 10.1. The number of amides is 1. The summed E-state index contributed by atoms with van der Waals surface area (Å²) in [6.07, 6.45) is 0. The summed E-state index contributed by atoms with van der Waals surface area (Å²) in [6, 6.07) is 4.47. The average molecular weight is 289 g/mol. The SMILES string of the molecule is CC(C)NC(=O)c1ccc2c(=O)n(C(C)C)c(=O)[nH]c2c1. The highest BCUT2D eigenvalue weighted by Gasteiger charge is 2.13. The topological polar surface area (TPSA) is 84.0 Å². The van der Waals surface area contributed by atoms with Gasteiger partial charge in [-0.25, -0.2) is 4.79 Å². The van der Waals surface area contributed by atoms with E-state index in [0.717, 1.165) is 4.57 Å². The molecule has 6 nitrogen and oxygen atoms in total. The largest absolute Gasteiger partial charge is 0.350 e. The van der Waals surface area contributed by atoms with Gasteiger partial charge in [-0.2, -0.15) is 0 Å². The second-order valence-corrected chi connectivity index (χ2v) is 5.59. The summed E-state index contributed by atoms with van der Waals surface area (Å²) in [6.45, 7) is 7.27. The number of nitrogens with one attached hydrogen (secondary N) is 2. The lowest BCUT2D eigenvalue weighted by Crippen LogP contribution is -2.36. The number of aromatic nitrogens is 2. The van der Waals surface area contributed by atoms with E-state index in [9.17, 15) is 14.4 Å². The molecule has 0 bridgehead atoms. The Morgan fingerprint density at radius 2 is 1.86 bits per heavy atom. The summed E-state index contributed by atoms with van der Waals surface area (Å²) in [4.78, 5) is 38.9. The van der Waals surface area contributed by atoms with Crippen molar-refractivity contribution in [3.05, 3.63) is 44.6 Å². The predicted molar refractivity (Wildman–Crippen MR) is 81.8 cm³/mol. The van der Waals surface area contributed by atoms with Crippen LogP contribution < -0.4 is 16.6 Å². The van der Waals surface area contributed by atoms with Gasteiger partial charge in [-0.3, -0.25) is 14.2 Å². The zero-order chi connectivity index (χ0) is 15.7. The molecule has 0 atom stereocenters. The van der Waals surface area contributed by atoms with Crippen LogP contribution in [0.3, 0.4) is 0 Å². The lowest BCUT2D eigenvalue weighted by molar-refractivity contribution is 0.0943. The van der Waals surface area contributed by atoms with Crippen LogP contribution in [0.4, 0.5) is 0 Å². The average Bonchev–Trinajstić information content (AvgIpc) is 2.36. The molecule has 0 radical (unpaired) electrons. The summed E-state index contributed by atoms with van der Waals surface area (Å²) >= 11 is 0. The van der Waals surface area contributed by atoms with E-state index in [0.29, 0.717) is 16.5 Å². The zero-order valence-corrected chi connectivity index (χ0v) is 12.6. The highest BCUT2D eigenvalue weighted by molar-refractivity contribution is 5.97. The standard InChI is InChI=1S/C15H19N3O3/c1-8(2)16-13(19)10-5-6-11-12(7-10)17-15(21)18(9(3)4)14(11)20/h5-9H,1-4H3,(H,16,19)(H,17,21). The summed E-state index contributed by atoms with van der Waals surface area (Å²) in [7, 11) is 0. The molecule has 0 fully saturated rings. The lowest BCUT2D eigenvalue weighted by Gasteiger charge is -2.11. The molecule has 0 saturated carbocycles. The van der Waals surface area contributed by atoms with Crippen molar-refractivity contribution in [1.29, 1.82) is 0 Å². The molecule has 6 heteroatoms. The number of H-pyrrole nitrogens is 1. The van der Waals surface area contributed by atoms with Crippen LogP contribution >= 0.6 is 0 Å². The fraction of sp³-hybridized carbons (Fsp3) is 0.400. The van der Waals surface area contributed by atoms with Gasteiger partial charge in [-0.15, -0.1) is 0 Å². The quantitative estimate of drug-likeness (QED) is 0.896. The Hall–Kier alpha value is -2.37. The molecular formula is C15H19N3O3. The number of rotatable bonds is 3. The Balaban J connectivity index is 2.61. The number of benzene rings is 1. The zero-order valence-electron chi connectivity index (χ0n) is 12.6. The first-order chi connectivity index (χ1) is 9.81. The minimum Gasteiger partial charge on any atom is -0.350 e. The molecule has 0 aliphatic heterocycles. The van der Waals surface area contributed by atoms with E-state index in [1.165, 1.54) is 6.07 Å². The summed E-state index contributed by atoms with van der Waals surface area (Å²) in [5.41, 5.74) is -0.0321. The molecule has 0 saturated heterocycles. The summed E-state index contributed by atoms with van der Waals surface area (Å²) in [5.74, 6) is -0.235. The van der Waals surface area contributed by atoms with Crippen molar-refractivity contribution >= 4 is 16.8 Å². The third-order valence-corrected chi connectivity index (χ3v) is 3.13. The van der Waals surface area contributed by atoms with Gasteiger partial charge in [0.1, 0.15) is 0 Å². The molecule has 1 aromatic carbocycles. The van der Waals surface area contributed by atoms with Gasteiger partial charge in [-0.1, -0.05) is 0 Å². The Morgan fingerprint density at radius 3 is 2.43 bits per heavy atom. The van der Waals surface area contributed by atoms with Crippen LogP contribution in [0.1, 0.15) is 44.1 Å². The number of hydrogen-bond acceptors (Lipinski definition) is 3. The number of carbonyl (C=O) groups excluding carboxylic acids is 1. The van der Waals surface area contributed by atoms with E-state index in [-0.39, 0.29) is 23.6 Å². The maximum atomic E-state index is 12.3. The van der Waals surface area contributed by atoms with E-state index in [4.69, 9.17) is 0 Å². The fourth-order valence-electron chi connectivity index (χ4n) is 2.19. The van der Waals surface area contributed by atoms with Crippen LogP contribution in [0.5, 0.6) is 0 Å². The minimum absolute atomic E-state index is 0.0150. The van der Waals surface area contributed by atoms with Gasteiger partial charge in [0, 0.05) is 17.6 Å². The van der Waals surface area contributed by atoms with Gasteiger partial charge in [0.2, 0.25) is 0 Å². The van der Waals surface area contributed by atoms with E-state index < -0.39 is 5.69 Å². The van der Waals surface area contributed by atoms with Crippen molar-refractivity contribution in [3.63, 3.8) is 0 Å². The van der Waals surface area contributed by atoms with Crippen molar-refractivity contribution in [1.82, 2.24) is 14.9 Å². The first-order valence-electron chi connectivity index (χ1n) is 6.90. The molecule has 0 aliphatic carbocycles. The third-order valence-electron chi connectivity index (χ3n) is 3.13. The van der Waals surface area contributed by atoms with Crippen LogP contribution in [0.25, 0.3) is 10.9 Å². The van der Waals surface area contributed by atoms with E-state index in [2.05, 4.69) is 10.3 Å². The Bertz CT molecular complexity index is 800. The van der Waals surface area contributed by atoms with Gasteiger partial charge < -0.3 is 10.3 Å². The molecule has 2 rings (SSSR count). The van der Waals surface area contributed by atoms with Crippen molar-refractivity contribution < 1.29 is 4.79 Å². The van der Waals surface area contributed by atoms with Crippen molar-refractivity contribution in [3.8, 4) is 0 Å². The monoisotopic (exact) mass is 289 g/mol. The molecule has 0 aliphatic rings. The number of aromatic amines is 1. The molecule has 0 spiro atoms. The van der Waals surface area contributed by atoms with Gasteiger partial charge >= 0.3 is 5.69 Å². The van der Waals surface area contributed by atoms with Gasteiger partial charge in [0.25, 0.3) is 11.5 Å². The maximum absolute atomic E-state index is 12.3. The van der Waals surface area contributed by atoms with Crippen LogP contribution in [0.2, 0.25) is 0 Å². The Kier molecular flexibility index (Phi) is 3.97. The molecule has 2 aromatic rings. The molecule has 2 N–H and O–H groups in total. The van der Waals surface area contributed by atoms with E-state index >= 15 is 0 Å². The molecule has 0 unspecified atom stereocenters. The second kappa shape index (κ2) is 5.55. The highest BCUT2D eigenvalue weighted by atomic mass is 16.2. The normalized spacial score (nSPS) is 11.3. The van der Waals surface area contributed by atoms with Crippen LogP contribution in [0, 0.1) is 0 Å².